The normalized spacial score (nSPS) is 10.1. The third kappa shape index (κ3) is 3.16. The summed E-state index contributed by atoms with van der Waals surface area (Å²) in [6.45, 7) is 0. The van der Waals surface area contributed by atoms with Crippen molar-refractivity contribution < 1.29 is 9.90 Å². The lowest BCUT2D eigenvalue weighted by Gasteiger charge is -2.06. The number of aromatic carboxylic acids is 1. The van der Waals surface area contributed by atoms with Crippen LogP contribution >= 0.6 is 38.5 Å². The topological polar surface area (TPSA) is 75.1 Å². The van der Waals surface area contributed by atoms with E-state index in [9.17, 15) is 4.79 Å². The van der Waals surface area contributed by atoms with Crippen molar-refractivity contribution in [1.82, 2.24) is 9.97 Å². The number of hydrogen-bond donors (Lipinski definition) is 2. The van der Waals surface area contributed by atoms with Crippen molar-refractivity contribution in [2.75, 3.05) is 5.32 Å². The molecule has 5 nitrogen and oxygen atoms in total. The number of carboxylic acids is 1. The molecule has 0 fully saturated rings. The van der Waals surface area contributed by atoms with E-state index in [0.717, 1.165) is 13.7 Å². The molecule has 1 aromatic heterocycles. The zero-order chi connectivity index (χ0) is 13.1. The third-order valence-corrected chi connectivity index (χ3v) is 4.38. The molecule has 2 rings (SSSR count). The zero-order valence-corrected chi connectivity index (χ0v) is 12.6. The molecule has 0 spiro atoms. The minimum absolute atomic E-state index is 0.0930. The molecule has 2 N–H and O–H groups in total. The summed E-state index contributed by atoms with van der Waals surface area (Å²) in [5.41, 5.74) is 0.712. The van der Waals surface area contributed by atoms with Crippen LogP contribution in [0.2, 0.25) is 0 Å². The first-order valence-electron chi connectivity index (χ1n) is 4.83. The van der Waals surface area contributed by atoms with Crippen LogP contribution in [0.3, 0.4) is 0 Å². The fraction of sp³-hybridized carbons (Fsp3) is 0. The molecule has 0 bridgehead atoms. The Morgan fingerprint density at radius 2 is 2.17 bits per heavy atom. The van der Waals surface area contributed by atoms with Crippen LogP contribution in [0, 0.1) is 3.57 Å². The summed E-state index contributed by atoms with van der Waals surface area (Å²) in [6, 6.07) is 5.69. The van der Waals surface area contributed by atoms with Crippen molar-refractivity contribution in [3.8, 4) is 0 Å². The Balaban J connectivity index is 2.25. The first-order valence-corrected chi connectivity index (χ1v) is 6.71. The fourth-order valence-corrected chi connectivity index (χ4v) is 1.97. The number of benzene rings is 1. The summed E-state index contributed by atoms with van der Waals surface area (Å²) >= 11 is 5.63. The fourth-order valence-electron chi connectivity index (χ4n) is 1.25. The van der Waals surface area contributed by atoms with Gasteiger partial charge in [0, 0.05) is 13.7 Å². The molecule has 0 saturated carbocycles. The highest BCUT2D eigenvalue weighted by Gasteiger charge is 2.06. The van der Waals surface area contributed by atoms with Gasteiger partial charge >= 0.3 is 5.97 Å². The molecular weight excluding hydrogens is 413 g/mol. The van der Waals surface area contributed by atoms with Crippen LogP contribution in [0.1, 0.15) is 10.5 Å². The first-order chi connectivity index (χ1) is 8.56. The molecule has 0 aliphatic carbocycles. The Morgan fingerprint density at radius 1 is 1.39 bits per heavy atom. The van der Waals surface area contributed by atoms with Crippen LogP contribution in [0.15, 0.2) is 35.1 Å². The van der Waals surface area contributed by atoms with E-state index in [-0.39, 0.29) is 5.69 Å². The number of nitrogens with one attached hydrogen (secondary N) is 1. The second kappa shape index (κ2) is 5.61. The highest BCUT2D eigenvalue weighted by molar-refractivity contribution is 14.1. The van der Waals surface area contributed by atoms with Crippen LogP contribution in [0.25, 0.3) is 0 Å². The molecule has 1 heterocycles. The van der Waals surface area contributed by atoms with Crippen molar-refractivity contribution in [3.05, 3.63) is 44.3 Å². The van der Waals surface area contributed by atoms with E-state index in [1.807, 2.05) is 18.2 Å². The zero-order valence-electron chi connectivity index (χ0n) is 8.89. The molecule has 0 atom stereocenters. The molecule has 0 aliphatic rings. The lowest BCUT2D eigenvalue weighted by molar-refractivity contribution is 0.0690. The van der Waals surface area contributed by atoms with Crippen LogP contribution < -0.4 is 5.32 Å². The first kappa shape index (κ1) is 13.2. The molecule has 0 aliphatic heterocycles. The third-order valence-electron chi connectivity index (χ3n) is 2.05. The number of nitrogens with zero attached hydrogens (tertiary/aromatic N) is 2. The Morgan fingerprint density at radius 3 is 2.83 bits per heavy atom. The van der Waals surface area contributed by atoms with Crippen molar-refractivity contribution in [1.29, 1.82) is 0 Å². The molecular formula is C11H7BrIN3O2. The van der Waals surface area contributed by atoms with Crippen LogP contribution in [-0.2, 0) is 0 Å². The molecule has 7 heteroatoms. The Bertz CT molecular complexity index is 607. The summed E-state index contributed by atoms with van der Waals surface area (Å²) in [5, 5.41) is 11.8. The van der Waals surface area contributed by atoms with Crippen LogP contribution in [-0.4, -0.2) is 21.0 Å². The van der Waals surface area contributed by atoms with E-state index < -0.39 is 5.97 Å². The molecule has 0 radical (unpaired) electrons. The summed E-state index contributed by atoms with van der Waals surface area (Å²) in [7, 11) is 0. The van der Waals surface area contributed by atoms with Crippen LogP contribution in [0.5, 0.6) is 0 Å². The van der Waals surface area contributed by atoms with Gasteiger partial charge in [-0.25, -0.2) is 9.78 Å². The van der Waals surface area contributed by atoms with Gasteiger partial charge in [-0.2, -0.15) is 0 Å². The predicted octanol–water partition coefficient (Wildman–Crippen LogP) is 3.29. The monoisotopic (exact) mass is 419 g/mol. The average Bonchev–Trinajstić information content (AvgIpc) is 2.34. The number of halogens is 2. The maximum atomic E-state index is 10.8. The van der Waals surface area contributed by atoms with Gasteiger partial charge < -0.3 is 10.4 Å². The van der Waals surface area contributed by atoms with Crippen LogP contribution in [0.4, 0.5) is 11.5 Å². The SMILES string of the molecule is O=C(O)c1cncc(Nc2ccc(I)c(Br)c2)n1. The highest BCUT2D eigenvalue weighted by Crippen LogP contribution is 2.24. The quantitative estimate of drug-likeness (QED) is 0.746. The standard InChI is InChI=1S/C11H7BrIN3O2/c12-7-3-6(1-2-8(7)13)15-10-5-14-4-9(16-10)11(17)18/h1-5H,(H,15,16)(H,17,18). The van der Waals surface area contributed by atoms with Gasteiger partial charge in [-0.15, -0.1) is 0 Å². The van der Waals surface area contributed by atoms with E-state index in [1.165, 1.54) is 12.4 Å². The van der Waals surface area contributed by atoms with Gasteiger partial charge in [0.15, 0.2) is 5.69 Å². The molecule has 0 unspecified atom stereocenters. The molecule has 1 aromatic carbocycles. The maximum absolute atomic E-state index is 10.8. The number of aromatic nitrogens is 2. The smallest absolute Gasteiger partial charge is 0.356 e. The Labute approximate surface area is 125 Å². The number of carbonyl (C=O) groups is 1. The summed E-state index contributed by atoms with van der Waals surface area (Å²) in [6.07, 6.45) is 2.68. The molecule has 0 saturated heterocycles. The number of rotatable bonds is 3. The molecule has 92 valence electrons. The van der Waals surface area contributed by atoms with E-state index in [4.69, 9.17) is 5.11 Å². The average molecular weight is 420 g/mol. The van der Waals surface area contributed by atoms with Gasteiger partial charge in [0.05, 0.1) is 12.4 Å². The minimum Gasteiger partial charge on any atom is -0.476 e. The Kier molecular flexibility index (Phi) is 4.12. The number of anilines is 2. The van der Waals surface area contributed by atoms with Crippen molar-refractivity contribution >= 4 is 56.0 Å². The second-order valence-electron chi connectivity index (χ2n) is 3.35. The maximum Gasteiger partial charge on any atom is 0.356 e. The molecule has 0 amide bonds. The van der Waals surface area contributed by atoms with Crippen molar-refractivity contribution in [3.63, 3.8) is 0 Å². The Hall–Kier alpha value is -1.22. The highest BCUT2D eigenvalue weighted by atomic mass is 127. The number of hydrogen-bond acceptors (Lipinski definition) is 4. The second-order valence-corrected chi connectivity index (χ2v) is 5.37. The minimum atomic E-state index is -1.10. The molecule has 2 aromatic rings. The van der Waals surface area contributed by atoms with Gasteiger partial charge in [0.2, 0.25) is 0 Å². The van der Waals surface area contributed by atoms with E-state index in [1.54, 1.807) is 0 Å². The number of carboxylic acid groups (broad SMARTS) is 1. The van der Waals surface area contributed by atoms with Gasteiger partial charge in [0.25, 0.3) is 0 Å². The van der Waals surface area contributed by atoms with E-state index in [2.05, 4.69) is 53.8 Å². The van der Waals surface area contributed by atoms with Crippen molar-refractivity contribution in [2.45, 2.75) is 0 Å². The molecule has 18 heavy (non-hydrogen) atoms. The van der Waals surface area contributed by atoms with Gasteiger partial charge in [-0.1, -0.05) is 0 Å². The summed E-state index contributed by atoms with van der Waals surface area (Å²) in [5.74, 6) is -0.710. The van der Waals surface area contributed by atoms with E-state index >= 15 is 0 Å². The lowest BCUT2D eigenvalue weighted by atomic mass is 10.3. The summed E-state index contributed by atoms with van der Waals surface area (Å²) < 4.78 is 2.04. The predicted molar refractivity (Wildman–Crippen MR) is 79.1 cm³/mol. The van der Waals surface area contributed by atoms with Gasteiger partial charge in [-0.3, -0.25) is 4.98 Å². The van der Waals surface area contributed by atoms with E-state index in [0.29, 0.717) is 5.82 Å². The summed E-state index contributed by atoms with van der Waals surface area (Å²) in [4.78, 5) is 18.5. The van der Waals surface area contributed by atoms with Crippen molar-refractivity contribution in [2.24, 2.45) is 0 Å². The van der Waals surface area contributed by atoms with Gasteiger partial charge in [-0.05, 0) is 56.7 Å². The van der Waals surface area contributed by atoms with Gasteiger partial charge in [0.1, 0.15) is 5.82 Å². The largest absolute Gasteiger partial charge is 0.476 e. The lowest BCUT2D eigenvalue weighted by Crippen LogP contribution is -2.04.